The van der Waals surface area contributed by atoms with Gasteiger partial charge in [0.2, 0.25) is 88.1 Å². The molecular weight excluding hydrogens is 1890 g/mol. The second-order valence-electron chi connectivity index (χ2n) is 34.3. The number of nitrogen functional groups attached to an aromatic ring is 1. The quantitative estimate of drug-likeness (QED) is 0.00576. The van der Waals surface area contributed by atoms with Crippen molar-refractivity contribution in [2.75, 3.05) is 63.6 Å². The number of nitrogens with two attached hydrogens (primary N) is 4. The van der Waals surface area contributed by atoms with E-state index in [1.165, 1.54) is 37.6 Å². The number of ether oxygens (including phenoxy) is 1. The van der Waals surface area contributed by atoms with Crippen molar-refractivity contribution in [3.8, 4) is 0 Å². The molecule has 0 bridgehead atoms. The number of hydrogen-bond acceptors (Lipinski definition) is 31. The molecule has 28 N–H and O–H groups in total. The van der Waals surface area contributed by atoms with Gasteiger partial charge < -0.3 is 147 Å². The van der Waals surface area contributed by atoms with E-state index in [4.69, 9.17) is 32.5 Å². The number of aliphatic hydroxyl groups excluding tert-OH is 1. The van der Waals surface area contributed by atoms with E-state index in [1.54, 1.807) is 39.9 Å². The lowest BCUT2D eigenvalue weighted by atomic mass is 9.96. The first kappa shape index (κ1) is 114. The number of nitrogens with zero attached hydrogens (tertiary/aromatic N) is 4. The number of aromatic amines is 1. The van der Waals surface area contributed by atoms with Crippen LogP contribution in [-0.2, 0) is 107 Å². The number of primary amides is 1. The number of pyridine rings is 2. The maximum Gasteiger partial charge on any atom is 0.341 e. The number of nitrogens with one attached hydrogen (secondary N) is 14. The molecule has 14 amide bonds. The summed E-state index contributed by atoms with van der Waals surface area (Å²) in [5, 5.41) is 91.9. The van der Waals surface area contributed by atoms with Crippen LogP contribution in [0.15, 0.2) is 76.9 Å². The van der Waals surface area contributed by atoms with Gasteiger partial charge in [-0.15, -0.1) is 0 Å². The maximum absolute atomic E-state index is 14.9. The number of halogens is 1. The summed E-state index contributed by atoms with van der Waals surface area (Å²) in [4.78, 5) is 311. The lowest BCUT2D eigenvalue weighted by Crippen LogP contribution is -2.62. The van der Waals surface area contributed by atoms with Crippen molar-refractivity contribution in [2.24, 2.45) is 34.2 Å². The number of carboxylic acid groups (broad SMARTS) is 5. The average molecular weight is 2010 g/mol. The Morgan fingerprint density at radius 3 is 1.80 bits per heavy atom. The second kappa shape index (κ2) is 55.3. The van der Waals surface area contributed by atoms with E-state index < -0.39 is 279 Å². The predicted octanol–water partition coefficient (Wildman–Crippen LogP) is -4.66. The van der Waals surface area contributed by atoms with Crippen molar-refractivity contribution in [1.82, 2.24) is 83.7 Å². The topological polar surface area (TPSA) is 825 Å². The molecule has 778 valence electrons. The van der Waals surface area contributed by atoms with E-state index in [2.05, 4.69) is 75.2 Å². The fourth-order valence-corrected chi connectivity index (χ4v) is 15.3. The van der Waals surface area contributed by atoms with Crippen LogP contribution in [0.2, 0.25) is 0 Å². The number of aromatic nitrogens is 3. The smallest absolute Gasteiger partial charge is 0.341 e. The fourth-order valence-electron chi connectivity index (χ4n) is 15.3. The number of oxime groups is 1. The Labute approximate surface area is 814 Å². The van der Waals surface area contributed by atoms with Crippen LogP contribution >= 0.6 is 0 Å². The van der Waals surface area contributed by atoms with Gasteiger partial charge in [-0.25, -0.2) is 19.0 Å². The van der Waals surface area contributed by atoms with E-state index >= 15 is 0 Å². The first-order valence-corrected chi connectivity index (χ1v) is 45.8. The van der Waals surface area contributed by atoms with E-state index in [0.717, 1.165) is 71.8 Å². The number of benzene rings is 2. The number of amides is 14. The number of unbranched alkanes of at least 4 members (excludes halogenated alkanes) is 6. The van der Waals surface area contributed by atoms with Crippen LogP contribution in [0.5, 0.6) is 0 Å². The summed E-state index contributed by atoms with van der Waals surface area (Å²) >= 11 is 0. The number of carbonyl (C=O) groups is 21. The number of aromatic carboxylic acids is 1. The molecule has 14 atom stereocenters. The minimum absolute atomic E-state index is 0.0186. The van der Waals surface area contributed by atoms with Gasteiger partial charge in [-0.05, 0) is 88.2 Å². The lowest BCUT2D eigenvalue weighted by molar-refractivity contribution is -0.156. The highest BCUT2D eigenvalue weighted by Crippen LogP contribution is 2.38. The SMILES string of the molecule is CCCCCCCCCC(=O)N[C@@H](Cc1c[nH]c2ccccc12)C(=O)N[C@@H](CC(N)=O)C(=O)N[C@@H](CC(=O)O)C(=O)N[C@H]1C(=O)NCC(=O)N[C@@H](CCCN)C(=O)N[C@@H](CC(=O)O)C(=O)N[C@H](C)C(=O)N[C@@H](CC(=O)O)C(=O)NCC(=O)N[C@H](CO)C(=O)N[C@H]([C@@H](C)CC(=O)O)C(=O)N[C@@H](CC(=O)c2ccccc2N)C(=O)OC1C.CO/N=C1\CN(c2nc3c(cc2F)c(=O)c(C(=O)O)cn3C2CC2)CC1CN. The second-order valence-corrected chi connectivity index (χ2v) is 34.3. The van der Waals surface area contributed by atoms with Crippen molar-refractivity contribution in [1.29, 1.82) is 0 Å². The van der Waals surface area contributed by atoms with Gasteiger partial charge in [0.25, 0.3) is 0 Å². The monoisotopic (exact) mass is 2010 g/mol. The Hall–Kier alpha value is -15.7. The van der Waals surface area contributed by atoms with E-state index in [1.807, 2.05) is 16.0 Å². The number of aliphatic carboxylic acids is 4. The van der Waals surface area contributed by atoms with Gasteiger partial charge in [0, 0.05) is 78.9 Å². The highest BCUT2D eigenvalue weighted by atomic mass is 19.1. The van der Waals surface area contributed by atoms with Crippen LogP contribution in [0, 0.1) is 17.7 Å². The Kier molecular flexibility index (Phi) is 44.2. The molecule has 143 heavy (non-hydrogen) atoms. The zero-order valence-electron chi connectivity index (χ0n) is 78.9. The van der Waals surface area contributed by atoms with Crippen molar-refractivity contribution in [2.45, 2.75) is 228 Å². The first-order valence-electron chi connectivity index (χ1n) is 45.8. The van der Waals surface area contributed by atoms with Crippen LogP contribution in [0.25, 0.3) is 21.9 Å². The number of carboxylic acids is 5. The Morgan fingerprint density at radius 2 is 1.20 bits per heavy atom. The van der Waals surface area contributed by atoms with Crippen molar-refractivity contribution in [3.63, 3.8) is 0 Å². The average Bonchev–Trinajstić information content (AvgIpc) is 1.64. The number of cyclic esters (lactones) is 1. The molecule has 1 aliphatic carbocycles. The standard InChI is InChI=1S/C72H101N17O26.C18H20FN5O4/c1-5-6-7-8-9-10-11-22-53(93)81-44(25-38-31-76-42-20-15-13-17-39(38)42)66(108)84-45(27-52(75)92)67(109)86-48(30-59(102)103)68(110)89-61-37(4)115-72(114)49(26-51(91)40-18-12-14-19-41(40)74)87-71(113)60(35(2)24-56(96)97)88-69(111)50(34-90)82-55(95)32-77-63(105)46(28-57(98)99)83-62(104)36(3)79-65(107)47(29-58(100)101)85-64(106)43(21-16-23-73)80-54(94)33-78-70(61)112;1-28-22-14-8-23(6-9(14)5-20)17-13(19)4-11-15(25)12(18(26)27)7-24(10-2-3-10)16(11)21-17/h12-15,17-20,31,35-37,43-50,60-61,76,90H,5-11,16,21-30,32-34,73-74H2,1-4H3,(H2,75,92)(H,77,105)(H,78,112)(H,79,107)(H,80,94)(H,81,93)(H,82,95)(H,83,104)(H,84,108)(H,85,106)(H,86,109)(H,87,113)(H,88,111)(H,89,110)(H,96,97)(H,98,99)(H,100,101)(H,102,103);4,7,9-10H,2-3,5-6,8,20H2,1H3,(H,26,27)/b;22-14+/t35-,36+,37?,43-,44-,45-,46-,47-,48-,49-,50+,60+,61+;/m0./s1. The molecule has 8 rings (SSSR count). The molecule has 2 saturated heterocycles. The number of fused-ring (bicyclic) bond motifs is 2. The molecule has 0 radical (unpaired) electrons. The summed E-state index contributed by atoms with van der Waals surface area (Å²) in [5.74, 6) is -31.8. The van der Waals surface area contributed by atoms with Gasteiger partial charge in [-0.1, -0.05) is 87.9 Å². The summed E-state index contributed by atoms with van der Waals surface area (Å²) < 4.78 is 22.2. The predicted molar refractivity (Wildman–Crippen MR) is 501 cm³/mol. The number of ketones is 1. The molecule has 0 spiro atoms. The van der Waals surface area contributed by atoms with E-state index in [-0.39, 0.29) is 71.4 Å². The van der Waals surface area contributed by atoms with Crippen molar-refractivity contribution >= 4 is 163 Å². The molecule has 53 heteroatoms. The Morgan fingerprint density at radius 1 is 0.622 bits per heavy atom. The number of aliphatic hydroxyl groups is 1. The molecule has 2 aliphatic heterocycles. The van der Waals surface area contributed by atoms with Gasteiger partial charge >= 0.3 is 35.8 Å². The summed E-state index contributed by atoms with van der Waals surface area (Å²) in [6.45, 7) is 2.19. The number of hydrogen-bond donors (Lipinski definition) is 24. The highest BCUT2D eigenvalue weighted by Gasteiger charge is 2.43. The molecule has 52 nitrogen and oxygen atoms in total. The first-order chi connectivity index (χ1) is 67.8. The third-order valence-corrected chi connectivity index (χ3v) is 23.0. The largest absolute Gasteiger partial charge is 0.481 e. The minimum atomic E-state index is -2.45. The molecule has 5 aromatic rings. The molecule has 2 aromatic carbocycles. The Balaban J connectivity index is 0.000000835. The molecule has 5 heterocycles. The summed E-state index contributed by atoms with van der Waals surface area (Å²) in [5.41, 5.74) is 23.7. The van der Waals surface area contributed by atoms with Crippen LogP contribution in [0.3, 0.4) is 0 Å². The third kappa shape index (κ3) is 34.9. The number of rotatable bonds is 40. The number of Topliss-reactive ketones (excluding diaryl/α,β-unsaturated/α-hetero) is 1. The fraction of sp³-hybridized carbons (Fsp3) is 0.511. The van der Waals surface area contributed by atoms with Crippen LogP contribution in [-0.4, -0.2) is 301 Å². The molecule has 3 aliphatic rings. The van der Waals surface area contributed by atoms with Crippen molar-refractivity contribution in [3.05, 3.63) is 99.7 Å². The lowest BCUT2D eigenvalue weighted by Gasteiger charge is -2.30. The molecule has 2 unspecified atom stereocenters. The van der Waals surface area contributed by atoms with Gasteiger partial charge in [-0.3, -0.25) is 95.9 Å². The Bertz CT molecular complexity index is 5630. The van der Waals surface area contributed by atoms with Gasteiger partial charge in [0.15, 0.2) is 17.4 Å². The summed E-state index contributed by atoms with van der Waals surface area (Å²) in [6, 6.07) is -9.40. The number of carbonyl (C=O) groups excluding carboxylic acids is 16. The maximum atomic E-state index is 14.9. The molecule has 3 fully saturated rings. The zero-order valence-corrected chi connectivity index (χ0v) is 78.9. The van der Waals surface area contributed by atoms with Gasteiger partial charge in [0.1, 0.15) is 90.9 Å². The van der Waals surface area contributed by atoms with Crippen LogP contribution in [0.1, 0.15) is 176 Å². The normalized spacial score (nSPS) is 21.1. The summed E-state index contributed by atoms with van der Waals surface area (Å²) in [6.07, 6.45) is 0.689. The number of H-pyrrole nitrogens is 1. The molecule has 3 aromatic heterocycles. The molecule has 1 saturated carbocycles. The van der Waals surface area contributed by atoms with E-state index in [0.29, 0.717) is 54.7 Å². The minimum Gasteiger partial charge on any atom is -0.481 e. The summed E-state index contributed by atoms with van der Waals surface area (Å²) in [7, 11) is 1.44. The number of anilines is 2. The highest BCUT2D eigenvalue weighted by molar-refractivity contribution is 6.06. The third-order valence-electron chi connectivity index (χ3n) is 23.0. The van der Waals surface area contributed by atoms with E-state index in [9.17, 15) is 141 Å². The number of esters is 1. The molecular formula is C90H121FN22O30. The van der Waals surface area contributed by atoms with Crippen molar-refractivity contribution < 1.29 is 145 Å². The van der Waals surface area contributed by atoms with Crippen LogP contribution in [0.4, 0.5) is 15.9 Å². The van der Waals surface area contributed by atoms with Crippen LogP contribution < -0.4 is 102 Å². The van der Waals surface area contributed by atoms with Gasteiger partial charge in [0.05, 0.1) is 69.4 Å². The zero-order chi connectivity index (χ0) is 106. The number of para-hydroxylation sites is 2. The van der Waals surface area contributed by atoms with Gasteiger partial charge in [-0.2, -0.15) is 0 Å².